The molecule has 6 aromatic rings. The molecule has 278 valence electrons. The topological polar surface area (TPSA) is 0 Å². The Hall–Kier alpha value is -4.68. The van der Waals surface area contributed by atoms with Crippen molar-refractivity contribution >= 4 is 0 Å². The molecule has 0 N–H and O–H groups in total. The van der Waals surface area contributed by atoms with Crippen molar-refractivity contribution in [3.63, 3.8) is 0 Å². The SMILES string of the molecule is CC.CC.CC.CC.CC.CC.CC(C)(c1ccccc1)c1ccccc1.c1ccc(C2(c3ccccc3)c3ccccc3-c3ccccc32)cc1. The van der Waals surface area contributed by atoms with Crippen LogP contribution in [0.1, 0.15) is 130 Å². The summed E-state index contributed by atoms with van der Waals surface area (Å²) in [5, 5.41) is 0. The van der Waals surface area contributed by atoms with Gasteiger partial charge in [0.2, 0.25) is 0 Å². The van der Waals surface area contributed by atoms with Gasteiger partial charge < -0.3 is 0 Å². The van der Waals surface area contributed by atoms with E-state index in [0.29, 0.717) is 0 Å². The molecule has 0 heteroatoms. The van der Waals surface area contributed by atoms with Gasteiger partial charge >= 0.3 is 0 Å². The summed E-state index contributed by atoms with van der Waals surface area (Å²) in [6, 6.07) is 60.7. The highest BCUT2D eigenvalue weighted by Gasteiger charge is 2.45. The molecular weight excluding hydrogens is 625 g/mol. The molecule has 0 unspecified atom stereocenters. The summed E-state index contributed by atoms with van der Waals surface area (Å²) in [5.74, 6) is 0. The van der Waals surface area contributed by atoms with E-state index in [2.05, 4.69) is 184 Å². The van der Waals surface area contributed by atoms with Crippen LogP contribution in [0.3, 0.4) is 0 Å². The van der Waals surface area contributed by atoms with Crippen LogP contribution in [0.25, 0.3) is 11.1 Å². The fourth-order valence-corrected chi connectivity index (χ4v) is 6.28. The third-order valence-electron chi connectivity index (χ3n) is 8.36. The van der Waals surface area contributed by atoms with E-state index in [4.69, 9.17) is 0 Å². The van der Waals surface area contributed by atoms with Gasteiger partial charge in [-0.05, 0) is 44.5 Å². The minimum atomic E-state index is -0.254. The first-order valence-electron chi connectivity index (χ1n) is 20.0. The van der Waals surface area contributed by atoms with Crippen LogP contribution in [0.4, 0.5) is 0 Å². The maximum atomic E-state index is 2.29. The molecule has 0 spiro atoms. The molecule has 0 aromatic heterocycles. The zero-order valence-electron chi connectivity index (χ0n) is 35.2. The van der Waals surface area contributed by atoms with E-state index in [1.807, 2.05) is 83.1 Å². The molecule has 0 aliphatic heterocycles. The summed E-state index contributed by atoms with van der Waals surface area (Å²) in [6.07, 6.45) is 0. The van der Waals surface area contributed by atoms with E-state index < -0.39 is 0 Å². The van der Waals surface area contributed by atoms with Gasteiger partial charge in [0.05, 0.1) is 5.41 Å². The maximum Gasteiger partial charge on any atom is 0.0713 e. The second-order valence-electron chi connectivity index (χ2n) is 10.9. The van der Waals surface area contributed by atoms with Gasteiger partial charge in [-0.2, -0.15) is 0 Å². The van der Waals surface area contributed by atoms with Crippen molar-refractivity contribution < 1.29 is 0 Å². The van der Waals surface area contributed by atoms with E-state index in [-0.39, 0.29) is 10.8 Å². The van der Waals surface area contributed by atoms with Crippen molar-refractivity contribution in [2.45, 2.75) is 108 Å². The Morgan fingerprint density at radius 2 is 0.519 bits per heavy atom. The average molecular weight is 695 g/mol. The van der Waals surface area contributed by atoms with Crippen molar-refractivity contribution in [3.05, 3.63) is 203 Å². The molecule has 6 aromatic carbocycles. The predicted molar refractivity (Wildman–Crippen MR) is 237 cm³/mol. The van der Waals surface area contributed by atoms with Crippen LogP contribution in [0, 0.1) is 0 Å². The first-order chi connectivity index (χ1) is 25.6. The molecule has 52 heavy (non-hydrogen) atoms. The zero-order chi connectivity index (χ0) is 39.4. The van der Waals surface area contributed by atoms with Crippen LogP contribution < -0.4 is 0 Å². The minimum absolute atomic E-state index is 0.0858. The molecule has 7 rings (SSSR count). The highest BCUT2D eigenvalue weighted by molar-refractivity contribution is 5.86. The summed E-state index contributed by atoms with van der Waals surface area (Å²) in [6.45, 7) is 28.5. The summed E-state index contributed by atoms with van der Waals surface area (Å²) in [5.41, 5.74) is 10.6. The fourth-order valence-electron chi connectivity index (χ4n) is 6.28. The molecular formula is C52H70. The molecule has 0 radical (unpaired) electrons. The largest absolute Gasteiger partial charge is 0.0713 e. The smallest absolute Gasteiger partial charge is 0.0683 e. The van der Waals surface area contributed by atoms with Gasteiger partial charge in [-0.15, -0.1) is 0 Å². The predicted octanol–water partition coefficient (Wildman–Crippen LogP) is 16.2. The lowest BCUT2D eigenvalue weighted by molar-refractivity contribution is 0.641. The zero-order valence-corrected chi connectivity index (χ0v) is 35.2. The molecule has 1 aliphatic carbocycles. The second kappa shape index (κ2) is 27.0. The molecule has 0 amide bonds. The van der Waals surface area contributed by atoms with Gasteiger partial charge in [0.15, 0.2) is 0 Å². The highest BCUT2D eigenvalue weighted by atomic mass is 14.5. The third-order valence-corrected chi connectivity index (χ3v) is 8.36. The number of fused-ring (bicyclic) bond motifs is 3. The van der Waals surface area contributed by atoms with Gasteiger partial charge in [-0.3, -0.25) is 0 Å². The summed E-state index contributed by atoms with van der Waals surface area (Å²) in [4.78, 5) is 0. The van der Waals surface area contributed by atoms with Crippen molar-refractivity contribution in [3.8, 4) is 11.1 Å². The van der Waals surface area contributed by atoms with Crippen molar-refractivity contribution in [2.75, 3.05) is 0 Å². The Morgan fingerprint density at radius 3 is 0.808 bits per heavy atom. The Morgan fingerprint density at radius 1 is 0.288 bits per heavy atom. The number of benzene rings is 6. The molecule has 1 aliphatic rings. The van der Waals surface area contributed by atoms with E-state index in [9.17, 15) is 0 Å². The van der Waals surface area contributed by atoms with Crippen molar-refractivity contribution in [2.24, 2.45) is 0 Å². The average Bonchev–Trinajstić information content (AvgIpc) is 3.58. The molecule has 0 bridgehead atoms. The molecule has 0 fully saturated rings. The van der Waals surface area contributed by atoms with Crippen LogP contribution in [-0.4, -0.2) is 0 Å². The van der Waals surface area contributed by atoms with E-state index >= 15 is 0 Å². The molecule has 0 heterocycles. The van der Waals surface area contributed by atoms with Gasteiger partial charge in [-0.1, -0.05) is 267 Å². The quantitative estimate of drug-likeness (QED) is 0.172. The fraction of sp³-hybridized carbons (Fsp3) is 0.308. The van der Waals surface area contributed by atoms with Crippen LogP contribution in [0.2, 0.25) is 0 Å². The van der Waals surface area contributed by atoms with Crippen LogP contribution in [0.5, 0.6) is 0 Å². The normalized spacial score (nSPS) is 10.7. The second-order valence-corrected chi connectivity index (χ2v) is 10.9. The Balaban J connectivity index is 0.000000830. The van der Waals surface area contributed by atoms with Crippen LogP contribution in [-0.2, 0) is 10.8 Å². The van der Waals surface area contributed by atoms with Gasteiger partial charge in [0.25, 0.3) is 0 Å². The monoisotopic (exact) mass is 695 g/mol. The van der Waals surface area contributed by atoms with Gasteiger partial charge in [-0.25, -0.2) is 0 Å². The lowest BCUT2D eigenvalue weighted by atomic mass is 9.68. The van der Waals surface area contributed by atoms with Gasteiger partial charge in [0.1, 0.15) is 0 Å². The van der Waals surface area contributed by atoms with Crippen molar-refractivity contribution in [1.82, 2.24) is 0 Å². The Kier molecular flexibility index (Phi) is 24.6. The first kappa shape index (κ1) is 47.3. The highest BCUT2D eigenvalue weighted by Crippen LogP contribution is 2.55. The molecule has 0 saturated heterocycles. The Labute approximate surface area is 321 Å². The number of hydrogen-bond acceptors (Lipinski definition) is 0. The molecule has 0 saturated carbocycles. The third kappa shape index (κ3) is 11.2. The summed E-state index contributed by atoms with van der Waals surface area (Å²) in [7, 11) is 0. The molecule has 0 nitrogen and oxygen atoms in total. The van der Waals surface area contributed by atoms with E-state index in [1.54, 1.807) is 0 Å². The number of hydrogen-bond donors (Lipinski definition) is 0. The number of rotatable bonds is 4. The standard InChI is InChI=1S/C25H18.C15H16.6C2H6/c1-3-11-19(12-4-1)25(20-13-5-2-6-14-20)23-17-9-7-15-21(23)22-16-8-10-18-24(22)25;1-15(2,13-9-5-3-6-10-13)14-11-7-4-8-12-14;6*1-2/h1-18H;3-12H,1-2H3;6*1-2H3. The maximum absolute atomic E-state index is 2.29. The summed E-state index contributed by atoms with van der Waals surface area (Å²) < 4.78 is 0. The van der Waals surface area contributed by atoms with Crippen LogP contribution in [0.15, 0.2) is 170 Å². The first-order valence-corrected chi connectivity index (χ1v) is 20.0. The van der Waals surface area contributed by atoms with E-state index in [0.717, 1.165) is 0 Å². The van der Waals surface area contributed by atoms with Gasteiger partial charge in [0, 0.05) is 5.41 Å². The molecule has 0 atom stereocenters. The van der Waals surface area contributed by atoms with Crippen molar-refractivity contribution in [1.29, 1.82) is 0 Å². The Bertz CT molecular complexity index is 1550. The lowest BCUT2D eigenvalue weighted by Gasteiger charge is -2.33. The lowest BCUT2D eigenvalue weighted by Crippen LogP contribution is -2.28. The summed E-state index contributed by atoms with van der Waals surface area (Å²) >= 11 is 0. The minimum Gasteiger partial charge on any atom is -0.0683 e. The van der Waals surface area contributed by atoms with E-state index in [1.165, 1.54) is 44.5 Å². The van der Waals surface area contributed by atoms with Crippen LogP contribution >= 0.6 is 0 Å².